The van der Waals surface area contributed by atoms with Gasteiger partial charge in [0.05, 0.1) is 12.1 Å². The van der Waals surface area contributed by atoms with E-state index in [2.05, 4.69) is 10.3 Å². The highest BCUT2D eigenvalue weighted by Gasteiger charge is 2.20. The van der Waals surface area contributed by atoms with Crippen molar-refractivity contribution in [2.45, 2.75) is 26.1 Å². The van der Waals surface area contributed by atoms with E-state index in [9.17, 15) is 14.0 Å². The largest absolute Gasteiger partial charge is 0.486 e. The number of fused-ring (bicyclic) bond motifs is 1. The molecule has 1 N–H and O–H groups in total. The highest BCUT2D eigenvalue weighted by molar-refractivity contribution is 7.09. The van der Waals surface area contributed by atoms with Crippen molar-refractivity contribution >= 4 is 28.9 Å². The van der Waals surface area contributed by atoms with Crippen molar-refractivity contribution in [3.8, 4) is 17.2 Å². The third-order valence-corrected chi connectivity index (χ3v) is 5.29. The number of halogens is 1. The molecule has 1 atom stereocenters. The van der Waals surface area contributed by atoms with Crippen molar-refractivity contribution in [2.24, 2.45) is 0 Å². The van der Waals surface area contributed by atoms with E-state index >= 15 is 0 Å². The number of esters is 1. The number of aromatic nitrogens is 1. The van der Waals surface area contributed by atoms with Crippen LogP contribution in [0.15, 0.2) is 47.8 Å². The molecule has 32 heavy (non-hydrogen) atoms. The van der Waals surface area contributed by atoms with Gasteiger partial charge in [0.25, 0.3) is 5.91 Å². The van der Waals surface area contributed by atoms with Crippen LogP contribution >= 0.6 is 11.3 Å². The van der Waals surface area contributed by atoms with Crippen LogP contribution < -0.4 is 19.5 Å². The first-order chi connectivity index (χ1) is 15.5. The summed E-state index contributed by atoms with van der Waals surface area (Å²) in [5, 5.41) is 5.06. The predicted molar refractivity (Wildman–Crippen MR) is 113 cm³/mol. The van der Waals surface area contributed by atoms with Crippen LogP contribution in [-0.4, -0.2) is 29.8 Å². The Balaban J connectivity index is 1.24. The molecule has 0 spiro atoms. The van der Waals surface area contributed by atoms with Crippen LogP contribution in [-0.2, 0) is 27.4 Å². The first kappa shape index (κ1) is 21.6. The fourth-order valence-electron chi connectivity index (χ4n) is 2.83. The smallest absolute Gasteiger partial charge is 0.312 e. The van der Waals surface area contributed by atoms with Gasteiger partial charge in [0.1, 0.15) is 23.2 Å². The molecule has 1 aliphatic rings. The predicted octanol–water partition coefficient (Wildman–Crippen LogP) is 3.70. The molecule has 0 aliphatic carbocycles. The first-order valence-corrected chi connectivity index (χ1v) is 10.6. The second kappa shape index (κ2) is 9.65. The molecule has 8 nitrogen and oxygen atoms in total. The Kier molecular flexibility index (Phi) is 6.50. The molecule has 0 unspecified atom stereocenters. The van der Waals surface area contributed by atoms with Crippen molar-refractivity contribution in [3.05, 3.63) is 64.4 Å². The van der Waals surface area contributed by atoms with Gasteiger partial charge < -0.3 is 24.3 Å². The van der Waals surface area contributed by atoms with Crippen molar-refractivity contribution in [1.29, 1.82) is 0 Å². The maximum Gasteiger partial charge on any atom is 0.312 e. The standard InChI is InChI=1S/C22H19FN2O6S/c1-13(22(27)25-15-4-7-18-19(8-15)30-12-29-18)31-21(26)9-16-11-32-20(24-16)10-28-17-5-2-14(23)3-6-17/h2-8,11,13H,9-10,12H2,1H3,(H,25,27)/t13-/m0/s1. The zero-order valence-electron chi connectivity index (χ0n) is 17.0. The molecule has 3 aromatic rings. The minimum absolute atomic E-state index is 0.0747. The maximum atomic E-state index is 12.9. The van der Waals surface area contributed by atoms with Gasteiger partial charge in [0.15, 0.2) is 17.6 Å². The SMILES string of the molecule is C[C@H](OC(=O)Cc1csc(COc2ccc(F)cc2)n1)C(=O)Nc1ccc2c(c1)OCO2. The third-order valence-electron chi connectivity index (χ3n) is 4.42. The Labute approximate surface area is 186 Å². The normalized spacial score (nSPS) is 12.8. The molecule has 10 heteroatoms. The molecule has 2 aromatic carbocycles. The lowest BCUT2D eigenvalue weighted by Gasteiger charge is -2.13. The molecule has 166 valence electrons. The molecule has 0 radical (unpaired) electrons. The van der Waals surface area contributed by atoms with Crippen LogP contribution in [0.25, 0.3) is 0 Å². The lowest BCUT2D eigenvalue weighted by atomic mass is 10.2. The number of nitrogens with zero attached hydrogens (tertiary/aromatic N) is 1. The highest BCUT2D eigenvalue weighted by Crippen LogP contribution is 2.34. The average molecular weight is 458 g/mol. The average Bonchev–Trinajstić information content (AvgIpc) is 3.42. The molecule has 1 aliphatic heterocycles. The van der Waals surface area contributed by atoms with Gasteiger partial charge in [-0.3, -0.25) is 9.59 Å². The highest BCUT2D eigenvalue weighted by atomic mass is 32.1. The minimum Gasteiger partial charge on any atom is -0.486 e. The molecule has 0 bridgehead atoms. The van der Waals surface area contributed by atoms with Crippen LogP contribution in [0.1, 0.15) is 17.6 Å². The molecular formula is C22H19FN2O6S. The molecule has 4 rings (SSSR count). The quantitative estimate of drug-likeness (QED) is 0.514. The Bertz CT molecular complexity index is 1120. The lowest BCUT2D eigenvalue weighted by molar-refractivity contribution is -0.152. The van der Waals surface area contributed by atoms with Crippen LogP contribution in [0, 0.1) is 5.82 Å². The van der Waals surface area contributed by atoms with Crippen molar-refractivity contribution in [2.75, 3.05) is 12.1 Å². The molecule has 2 heterocycles. The van der Waals surface area contributed by atoms with Crippen molar-refractivity contribution in [1.82, 2.24) is 4.98 Å². The first-order valence-electron chi connectivity index (χ1n) is 9.68. The zero-order chi connectivity index (χ0) is 22.5. The second-order valence-corrected chi connectivity index (χ2v) is 7.78. The summed E-state index contributed by atoms with van der Waals surface area (Å²) < 4.78 is 34.2. The number of carbonyl (C=O) groups excluding carboxylic acids is 2. The molecule has 0 saturated carbocycles. The van der Waals surface area contributed by atoms with Gasteiger partial charge >= 0.3 is 5.97 Å². The molecule has 0 fully saturated rings. The Morgan fingerprint density at radius 3 is 2.78 bits per heavy atom. The number of amides is 1. The van der Waals surface area contributed by atoms with E-state index in [4.69, 9.17) is 18.9 Å². The van der Waals surface area contributed by atoms with Crippen molar-refractivity contribution < 1.29 is 32.9 Å². The van der Waals surface area contributed by atoms with Crippen LogP contribution in [0.3, 0.4) is 0 Å². The van der Waals surface area contributed by atoms with Gasteiger partial charge in [0, 0.05) is 17.1 Å². The number of thiazole rings is 1. The fourth-order valence-corrected chi connectivity index (χ4v) is 3.54. The molecule has 1 aromatic heterocycles. The number of rotatable bonds is 8. The van der Waals surface area contributed by atoms with Gasteiger partial charge in [-0.15, -0.1) is 11.3 Å². The van der Waals surface area contributed by atoms with E-state index in [-0.39, 0.29) is 25.6 Å². The summed E-state index contributed by atoms with van der Waals surface area (Å²) in [6.07, 6.45) is -1.07. The van der Waals surface area contributed by atoms with E-state index < -0.39 is 18.0 Å². The number of hydrogen-bond acceptors (Lipinski definition) is 8. The summed E-state index contributed by atoms with van der Waals surface area (Å²) in [6, 6.07) is 10.7. The number of anilines is 1. The minimum atomic E-state index is -0.993. The summed E-state index contributed by atoms with van der Waals surface area (Å²) in [6.45, 7) is 1.82. The Morgan fingerprint density at radius 1 is 1.19 bits per heavy atom. The van der Waals surface area contributed by atoms with Gasteiger partial charge in [-0.1, -0.05) is 0 Å². The maximum absolute atomic E-state index is 12.9. The van der Waals surface area contributed by atoms with E-state index in [0.29, 0.717) is 33.6 Å². The van der Waals surface area contributed by atoms with Gasteiger partial charge in [-0.2, -0.15) is 0 Å². The number of benzene rings is 2. The van der Waals surface area contributed by atoms with E-state index in [1.54, 1.807) is 23.6 Å². The van der Waals surface area contributed by atoms with Crippen LogP contribution in [0.2, 0.25) is 0 Å². The summed E-state index contributed by atoms with van der Waals surface area (Å²) >= 11 is 1.33. The monoisotopic (exact) mass is 458 g/mol. The number of hydrogen-bond donors (Lipinski definition) is 1. The van der Waals surface area contributed by atoms with E-state index in [1.165, 1.54) is 42.5 Å². The zero-order valence-corrected chi connectivity index (χ0v) is 17.8. The molecular weight excluding hydrogens is 439 g/mol. The molecule has 1 amide bonds. The van der Waals surface area contributed by atoms with E-state index in [0.717, 1.165) is 0 Å². The topological polar surface area (TPSA) is 96.0 Å². The van der Waals surface area contributed by atoms with Gasteiger partial charge in [0.2, 0.25) is 6.79 Å². The van der Waals surface area contributed by atoms with Gasteiger partial charge in [-0.05, 0) is 43.3 Å². The molecule has 0 saturated heterocycles. The number of ether oxygens (including phenoxy) is 4. The number of nitrogens with one attached hydrogen (secondary N) is 1. The van der Waals surface area contributed by atoms with Crippen LogP contribution in [0.5, 0.6) is 17.2 Å². The number of carbonyl (C=O) groups is 2. The van der Waals surface area contributed by atoms with Crippen molar-refractivity contribution in [3.63, 3.8) is 0 Å². The fraction of sp³-hybridized carbons (Fsp3) is 0.227. The Morgan fingerprint density at radius 2 is 1.97 bits per heavy atom. The third kappa shape index (κ3) is 5.52. The van der Waals surface area contributed by atoms with Gasteiger partial charge in [-0.25, -0.2) is 9.37 Å². The van der Waals surface area contributed by atoms with E-state index in [1.807, 2.05) is 0 Å². The second-order valence-electron chi connectivity index (χ2n) is 6.84. The summed E-state index contributed by atoms with van der Waals surface area (Å²) in [5.74, 6) is 0.276. The summed E-state index contributed by atoms with van der Waals surface area (Å²) in [4.78, 5) is 28.9. The summed E-state index contributed by atoms with van der Waals surface area (Å²) in [5.41, 5.74) is 1.02. The van der Waals surface area contributed by atoms with Crippen LogP contribution in [0.4, 0.5) is 10.1 Å². The Hall–Kier alpha value is -3.66. The summed E-state index contributed by atoms with van der Waals surface area (Å²) in [7, 11) is 0. The lowest BCUT2D eigenvalue weighted by Crippen LogP contribution is -2.30.